The monoisotopic (exact) mass is 489 g/mol. The minimum absolute atomic E-state index is 0.168. The van der Waals surface area contributed by atoms with Gasteiger partial charge in [0.05, 0.1) is 11.1 Å². The maximum absolute atomic E-state index is 12.9. The van der Waals surface area contributed by atoms with Crippen LogP contribution in [0.1, 0.15) is 40.2 Å². The van der Waals surface area contributed by atoms with Gasteiger partial charge in [0, 0.05) is 0 Å². The molecule has 1 saturated heterocycles. The van der Waals surface area contributed by atoms with Crippen molar-refractivity contribution in [2.75, 3.05) is 20.1 Å². The normalized spacial score (nSPS) is 15.3. The Morgan fingerprint density at radius 1 is 0.833 bits per heavy atom. The number of alkyl halides is 3. The van der Waals surface area contributed by atoms with Crippen LogP contribution in [0.25, 0.3) is 33.0 Å². The summed E-state index contributed by atoms with van der Waals surface area (Å²) in [6.07, 6.45) is -2.14. The second kappa shape index (κ2) is 9.43. The van der Waals surface area contributed by atoms with Gasteiger partial charge in [-0.1, -0.05) is 48.5 Å². The first kappa shape index (κ1) is 24.1. The number of hydrogen-bond acceptors (Lipinski definition) is 2. The van der Waals surface area contributed by atoms with Crippen molar-refractivity contribution in [3.8, 4) is 22.3 Å². The molecule has 0 radical (unpaired) electrons. The van der Waals surface area contributed by atoms with E-state index in [0.29, 0.717) is 11.5 Å². The third-order valence-electron chi connectivity index (χ3n) is 7.16. The summed E-state index contributed by atoms with van der Waals surface area (Å²) < 4.78 is 38.8. The van der Waals surface area contributed by atoms with Gasteiger partial charge in [-0.2, -0.15) is 13.2 Å². The molecule has 5 rings (SSSR count). The lowest BCUT2D eigenvalue weighted by molar-refractivity contribution is -0.137. The number of benzene rings is 4. The number of carboxylic acid groups (broad SMARTS) is 1. The van der Waals surface area contributed by atoms with Crippen molar-refractivity contribution >= 4 is 16.7 Å². The zero-order valence-corrected chi connectivity index (χ0v) is 19.8. The van der Waals surface area contributed by atoms with Gasteiger partial charge in [0.25, 0.3) is 0 Å². The van der Waals surface area contributed by atoms with Gasteiger partial charge in [-0.15, -0.1) is 0 Å². The molecule has 1 fully saturated rings. The molecule has 36 heavy (non-hydrogen) atoms. The van der Waals surface area contributed by atoms with Crippen molar-refractivity contribution in [3.05, 3.63) is 95.6 Å². The number of nitrogens with zero attached hydrogens (tertiary/aromatic N) is 1. The van der Waals surface area contributed by atoms with Gasteiger partial charge >= 0.3 is 12.1 Å². The van der Waals surface area contributed by atoms with Crippen molar-refractivity contribution in [1.82, 2.24) is 4.90 Å². The van der Waals surface area contributed by atoms with Crippen molar-refractivity contribution in [2.45, 2.75) is 24.9 Å². The topological polar surface area (TPSA) is 40.5 Å². The molecule has 0 saturated carbocycles. The number of likely N-dealkylation sites (tertiary alicyclic amines) is 1. The van der Waals surface area contributed by atoms with E-state index in [2.05, 4.69) is 36.2 Å². The quantitative estimate of drug-likeness (QED) is 0.319. The maximum Gasteiger partial charge on any atom is 0.416 e. The van der Waals surface area contributed by atoms with Crippen LogP contribution in [0.3, 0.4) is 0 Å². The number of carboxylic acids is 1. The van der Waals surface area contributed by atoms with E-state index in [1.54, 1.807) is 12.1 Å². The lowest BCUT2D eigenvalue weighted by Gasteiger charge is -2.29. The third-order valence-corrected chi connectivity index (χ3v) is 7.16. The van der Waals surface area contributed by atoms with E-state index in [1.165, 1.54) is 17.7 Å². The number of halogens is 3. The van der Waals surface area contributed by atoms with Gasteiger partial charge < -0.3 is 10.0 Å². The molecule has 3 nitrogen and oxygen atoms in total. The highest BCUT2D eigenvalue weighted by atomic mass is 19.4. The zero-order valence-electron chi connectivity index (χ0n) is 19.8. The lowest BCUT2D eigenvalue weighted by Crippen LogP contribution is -2.29. The second-order valence-electron chi connectivity index (χ2n) is 9.54. The van der Waals surface area contributed by atoms with Crippen molar-refractivity contribution in [1.29, 1.82) is 0 Å². The average Bonchev–Trinajstić information content (AvgIpc) is 2.88. The maximum atomic E-state index is 12.9. The molecule has 4 aromatic rings. The van der Waals surface area contributed by atoms with Crippen LogP contribution in [-0.2, 0) is 6.18 Å². The summed E-state index contributed by atoms with van der Waals surface area (Å²) in [5.41, 5.74) is 3.88. The van der Waals surface area contributed by atoms with Crippen molar-refractivity contribution in [3.63, 3.8) is 0 Å². The average molecular weight is 490 g/mol. The highest BCUT2D eigenvalue weighted by molar-refractivity contribution is 6.04. The SMILES string of the molecule is CN1CCC(c2ccc(-c3cc(C(=O)O)cc4cc(-c5ccc(C(F)(F)F)cc5)ccc34)cc2)CC1. The highest BCUT2D eigenvalue weighted by Gasteiger charge is 2.30. The van der Waals surface area contributed by atoms with E-state index in [4.69, 9.17) is 0 Å². The first-order valence-electron chi connectivity index (χ1n) is 12.0. The van der Waals surface area contributed by atoms with Crippen LogP contribution in [0.5, 0.6) is 0 Å². The van der Waals surface area contributed by atoms with Gasteiger partial charge in [-0.25, -0.2) is 4.79 Å². The van der Waals surface area contributed by atoms with Crippen LogP contribution < -0.4 is 0 Å². The van der Waals surface area contributed by atoms with E-state index >= 15 is 0 Å². The minimum atomic E-state index is -4.39. The fourth-order valence-electron chi connectivity index (χ4n) is 5.04. The summed E-state index contributed by atoms with van der Waals surface area (Å²) in [5.74, 6) is -0.496. The summed E-state index contributed by atoms with van der Waals surface area (Å²) in [5, 5.41) is 11.3. The largest absolute Gasteiger partial charge is 0.478 e. The molecule has 6 heteroatoms. The Bertz CT molecular complexity index is 1400. The van der Waals surface area contributed by atoms with E-state index < -0.39 is 17.7 Å². The molecule has 0 atom stereocenters. The molecule has 1 heterocycles. The molecule has 1 N–H and O–H groups in total. The second-order valence-corrected chi connectivity index (χ2v) is 9.54. The van der Waals surface area contributed by atoms with E-state index in [9.17, 15) is 23.1 Å². The Labute approximate surface area is 207 Å². The fourth-order valence-corrected chi connectivity index (χ4v) is 5.04. The number of piperidine rings is 1. The van der Waals surface area contributed by atoms with E-state index in [-0.39, 0.29) is 5.56 Å². The third kappa shape index (κ3) is 4.86. The Hall–Kier alpha value is -3.64. The van der Waals surface area contributed by atoms with Crippen molar-refractivity contribution in [2.24, 2.45) is 0 Å². The van der Waals surface area contributed by atoms with Crippen LogP contribution in [0, 0.1) is 0 Å². The number of rotatable bonds is 4. The first-order valence-corrected chi connectivity index (χ1v) is 12.0. The summed E-state index contributed by atoms with van der Waals surface area (Å²) in [4.78, 5) is 14.2. The van der Waals surface area contributed by atoms with Gasteiger partial charge in [0.1, 0.15) is 0 Å². The molecular formula is C30H26F3NO2. The van der Waals surface area contributed by atoms with Gasteiger partial charge in [-0.05, 0) is 108 Å². The van der Waals surface area contributed by atoms with Crippen molar-refractivity contribution < 1.29 is 23.1 Å². The fraction of sp³-hybridized carbons (Fsp3) is 0.233. The van der Waals surface area contributed by atoms with Gasteiger partial charge in [0.15, 0.2) is 0 Å². The number of fused-ring (bicyclic) bond motifs is 1. The molecule has 1 aliphatic heterocycles. The molecule has 0 amide bonds. The molecule has 0 aromatic heterocycles. The van der Waals surface area contributed by atoms with Gasteiger partial charge in [0.2, 0.25) is 0 Å². The van der Waals surface area contributed by atoms with Crippen LogP contribution in [0.15, 0.2) is 78.9 Å². The predicted octanol–water partition coefficient (Wildman–Crippen LogP) is 7.70. The lowest BCUT2D eigenvalue weighted by atomic mass is 9.87. The van der Waals surface area contributed by atoms with E-state index in [0.717, 1.165) is 65.5 Å². The molecule has 4 aromatic carbocycles. The van der Waals surface area contributed by atoms with E-state index in [1.807, 2.05) is 18.2 Å². The first-order chi connectivity index (χ1) is 17.2. The molecule has 0 unspecified atom stereocenters. The Morgan fingerprint density at radius 3 is 2.06 bits per heavy atom. The predicted molar refractivity (Wildman–Crippen MR) is 136 cm³/mol. The van der Waals surface area contributed by atoms with Crippen LogP contribution >= 0.6 is 0 Å². The summed E-state index contributed by atoms with van der Waals surface area (Å²) >= 11 is 0. The van der Waals surface area contributed by atoms with Gasteiger partial charge in [-0.3, -0.25) is 0 Å². The molecule has 1 aliphatic rings. The highest BCUT2D eigenvalue weighted by Crippen LogP contribution is 2.36. The molecule has 184 valence electrons. The Morgan fingerprint density at radius 2 is 1.44 bits per heavy atom. The van der Waals surface area contributed by atoms with Crippen LogP contribution in [0.2, 0.25) is 0 Å². The Balaban J connectivity index is 1.52. The number of aromatic carboxylic acids is 1. The standard InChI is InChI=1S/C30H26F3NO2/c1-34-14-12-21(13-15-34)19-2-4-22(5-3-19)28-18-25(29(35)36)17-24-16-23(8-11-27(24)28)20-6-9-26(10-7-20)30(31,32)33/h2-11,16-18,21H,12-15H2,1H3,(H,35,36). The molecule has 0 bridgehead atoms. The molecule has 0 aliphatic carbocycles. The summed E-state index contributed by atoms with van der Waals surface area (Å²) in [6.45, 7) is 2.16. The molecular weight excluding hydrogens is 463 g/mol. The number of hydrogen-bond donors (Lipinski definition) is 1. The minimum Gasteiger partial charge on any atom is -0.478 e. The summed E-state index contributed by atoms with van der Waals surface area (Å²) in [7, 11) is 2.14. The van der Waals surface area contributed by atoms with Crippen LogP contribution in [-0.4, -0.2) is 36.1 Å². The Kier molecular flexibility index (Phi) is 6.31. The molecule has 0 spiro atoms. The number of carbonyl (C=O) groups is 1. The smallest absolute Gasteiger partial charge is 0.416 e. The van der Waals surface area contributed by atoms with Crippen LogP contribution in [0.4, 0.5) is 13.2 Å². The summed E-state index contributed by atoms with van der Waals surface area (Å²) in [6, 6.07) is 22.3. The zero-order chi connectivity index (χ0) is 25.4.